The zero-order valence-electron chi connectivity index (χ0n) is 20.4. The minimum atomic E-state index is 1.13. The molecule has 1 aromatic carbocycles. The van der Waals surface area contributed by atoms with Crippen LogP contribution in [0.15, 0.2) is 48.8 Å². The van der Waals surface area contributed by atoms with Crippen LogP contribution in [-0.2, 0) is 6.54 Å². The molecule has 0 atom stereocenters. The molecule has 0 bridgehead atoms. The summed E-state index contributed by atoms with van der Waals surface area (Å²) in [6, 6.07) is 13.1. The third kappa shape index (κ3) is 11.2. The fraction of sp³-hybridized carbons (Fsp3) is 0.552. The standard InChI is InChI=1S/C29H45N2/c1-4-5-6-7-8-9-10-11-12-13-14-15-24-31-25-22-28(23-26-31)17-16-27-18-20-29(21-19-27)30(2)3/h16-23,25-26H,4-15,24H2,1-3H3/q+1. The number of pyridine rings is 1. The van der Waals surface area contributed by atoms with Crippen LogP contribution in [0.5, 0.6) is 0 Å². The normalized spacial score (nSPS) is 11.3. The molecular weight excluding hydrogens is 376 g/mol. The summed E-state index contributed by atoms with van der Waals surface area (Å²) in [7, 11) is 4.14. The van der Waals surface area contributed by atoms with Crippen molar-refractivity contribution in [2.75, 3.05) is 19.0 Å². The first-order valence-electron chi connectivity index (χ1n) is 12.6. The van der Waals surface area contributed by atoms with Gasteiger partial charge < -0.3 is 4.90 Å². The van der Waals surface area contributed by atoms with Gasteiger partial charge in [0.2, 0.25) is 0 Å². The van der Waals surface area contributed by atoms with Gasteiger partial charge in [-0.15, -0.1) is 0 Å². The summed E-state index contributed by atoms with van der Waals surface area (Å²) < 4.78 is 2.32. The zero-order chi connectivity index (χ0) is 22.2. The monoisotopic (exact) mass is 421 g/mol. The van der Waals surface area contributed by atoms with Gasteiger partial charge in [-0.3, -0.25) is 0 Å². The number of aryl methyl sites for hydroxylation is 1. The van der Waals surface area contributed by atoms with Crippen LogP contribution < -0.4 is 9.47 Å². The van der Waals surface area contributed by atoms with Crippen LogP contribution >= 0.6 is 0 Å². The highest BCUT2D eigenvalue weighted by Crippen LogP contribution is 2.15. The number of hydrogen-bond acceptors (Lipinski definition) is 1. The SMILES string of the molecule is CCCCCCCCCCCCCC[n+]1ccc(/C=C\c2ccc(N(C)C)cc2)cc1. The second kappa shape index (κ2) is 15.7. The predicted octanol–water partition coefficient (Wildman–Crippen LogP) is 7.91. The van der Waals surface area contributed by atoms with E-state index in [1.807, 2.05) is 0 Å². The lowest BCUT2D eigenvalue weighted by Crippen LogP contribution is -2.32. The van der Waals surface area contributed by atoms with Crippen molar-refractivity contribution in [1.82, 2.24) is 0 Å². The maximum absolute atomic E-state index is 2.32. The second-order valence-corrected chi connectivity index (χ2v) is 9.08. The quantitative estimate of drug-likeness (QED) is 0.197. The van der Waals surface area contributed by atoms with E-state index in [0.717, 1.165) is 6.54 Å². The van der Waals surface area contributed by atoms with Crippen molar-refractivity contribution in [2.24, 2.45) is 0 Å². The first kappa shape index (κ1) is 25.2. The molecule has 0 fully saturated rings. The van der Waals surface area contributed by atoms with Gasteiger partial charge in [0.1, 0.15) is 6.54 Å². The molecule has 31 heavy (non-hydrogen) atoms. The molecule has 0 spiro atoms. The lowest BCUT2D eigenvalue weighted by Gasteiger charge is -2.11. The van der Waals surface area contributed by atoms with E-state index in [2.05, 4.69) is 91.4 Å². The topological polar surface area (TPSA) is 7.12 Å². The zero-order valence-corrected chi connectivity index (χ0v) is 20.4. The van der Waals surface area contributed by atoms with Gasteiger partial charge in [-0.05, 0) is 29.7 Å². The average Bonchev–Trinajstić information content (AvgIpc) is 2.79. The molecule has 170 valence electrons. The molecule has 1 aromatic heterocycles. The summed E-state index contributed by atoms with van der Waals surface area (Å²) in [5.74, 6) is 0. The van der Waals surface area contributed by atoms with Crippen molar-refractivity contribution < 1.29 is 4.57 Å². The minimum absolute atomic E-state index is 1.13. The molecule has 0 aliphatic carbocycles. The highest BCUT2D eigenvalue weighted by molar-refractivity contribution is 5.70. The largest absolute Gasteiger partial charge is 0.378 e. The van der Waals surface area contributed by atoms with Crippen molar-refractivity contribution >= 4 is 17.8 Å². The summed E-state index contributed by atoms with van der Waals surface area (Å²) >= 11 is 0. The van der Waals surface area contributed by atoms with E-state index in [4.69, 9.17) is 0 Å². The summed E-state index contributed by atoms with van der Waals surface area (Å²) in [6.07, 6.45) is 25.7. The van der Waals surface area contributed by atoms with Crippen molar-refractivity contribution in [1.29, 1.82) is 0 Å². The van der Waals surface area contributed by atoms with Gasteiger partial charge in [-0.2, -0.15) is 0 Å². The van der Waals surface area contributed by atoms with E-state index < -0.39 is 0 Å². The molecule has 1 heterocycles. The Morgan fingerprint density at radius 1 is 0.613 bits per heavy atom. The molecule has 2 nitrogen and oxygen atoms in total. The van der Waals surface area contributed by atoms with Crippen LogP contribution in [0.1, 0.15) is 95.1 Å². The van der Waals surface area contributed by atoms with Crippen molar-refractivity contribution in [3.63, 3.8) is 0 Å². The van der Waals surface area contributed by atoms with E-state index in [0.29, 0.717) is 0 Å². The van der Waals surface area contributed by atoms with Crippen molar-refractivity contribution in [2.45, 2.75) is 90.5 Å². The molecule has 0 saturated carbocycles. The van der Waals surface area contributed by atoms with Gasteiger partial charge in [0.05, 0.1) is 0 Å². The molecule has 0 aliphatic rings. The van der Waals surface area contributed by atoms with Crippen LogP contribution in [0.3, 0.4) is 0 Å². The Kier molecular flexibility index (Phi) is 12.7. The van der Waals surface area contributed by atoms with Crippen LogP contribution in [-0.4, -0.2) is 14.1 Å². The van der Waals surface area contributed by atoms with Gasteiger partial charge in [-0.25, -0.2) is 4.57 Å². The third-order valence-corrected chi connectivity index (χ3v) is 6.06. The molecule has 2 heteroatoms. The average molecular weight is 422 g/mol. The van der Waals surface area contributed by atoms with Crippen molar-refractivity contribution in [3.8, 4) is 0 Å². The molecule has 0 N–H and O–H groups in total. The summed E-state index contributed by atoms with van der Waals surface area (Å²) in [5, 5.41) is 0. The maximum Gasteiger partial charge on any atom is 0.169 e. The first-order chi connectivity index (χ1) is 15.2. The number of benzene rings is 1. The molecule has 0 saturated heterocycles. The number of aromatic nitrogens is 1. The number of rotatable bonds is 16. The van der Waals surface area contributed by atoms with Gasteiger partial charge in [-0.1, -0.05) is 95.4 Å². The van der Waals surface area contributed by atoms with Gasteiger partial charge in [0, 0.05) is 38.3 Å². The predicted molar refractivity (Wildman–Crippen MR) is 137 cm³/mol. The van der Waals surface area contributed by atoms with Crippen LogP contribution in [0.4, 0.5) is 5.69 Å². The van der Waals surface area contributed by atoms with E-state index in [-0.39, 0.29) is 0 Å². The van der Waals surface area contributed by atoms with Crippen LogP contribution in [0.2, 0.25) is 0 Å². The molecule has 0 radical (unpaired) electrons. The maximum atomic E-state index is 2.32. The lowest BCUT2D eigenvalue weighted by atomic mass is 10.1. The number of nitrogens with zero attached hydrogens (tertiary/aromatic N) is 2. The smallest absolute Gasteiger partial charge is 0.169 e. The van der Waals surface area contributed by atoms with Gasteiger partial charge in [0.25, 0.3) is 0 Å². The number of anilines is 1. The Hall–Kier alpha value is -2.09. The highest BCUT2D eigenvalue weighted by Gasteiger charge is 2.00. The first-order valence-corrected chi connectivity index (χ1v) is 12.6. The Morgan fingerprint density at radius 3 is 1.55 bits per heavy atom. The second-order valence-electron chi connectivity index (χ2n) is 9.08. The molecule has 0 unspecified atom stereocenters. The summed E-state index contributed by atoms with van der Waals surface area (Å²) in [5.41, 5.74) is 3.72. The van der Waals surface area contributed by atoms with E-state index in [1.54, 1.807) is 0 Å². The fourth-order valence-electron chi connectivity index (χ4n) is 3.94. The molecule has 0 aliphatic heterocycles. The fourth-order valence-corrected chi connectivity index (χ4v) is 3.94. The highest BCUT2D eigenvalue weighted by atomic mass is 15.1. The summed E-state index contributed by atoms with van der Waals surface area (Å²) in [4.78, 5) is 2.12. The molecule has 0 amide bonds. The third-order valence-electron chi connectivity index (χ3n) is 6.06. The minimum Gasteiger partial charge on any atom is -0.378 e. The lowest BCUT2D eigenvalue weighted by molar-refractivity contribution is -0.697. The molecule has 2 rings (SSSR count). The van der Waals surface area contributed by atoms with E-state index in [1.165, 1.54) is 93.9 Å². The van der Waals surface area contributed by atoms with Gasteiger partial charge >= 0.3 is 0 Å². The Balaban J connectivity index is 1.55. The van der Waals surface area contributed by atoms with Crippen molar-refractivity contribution in [3.05, 3.63) is 59.9 Å². The summed E-state index contributed by atoms with van der Waals surface area (Å²) in [6.45, 7) is 3.42. The van der Waals surface area contributed by atoms with Crippen LogP contribution in [0, 0.1) is 0 Å². The molecular formula is C29H45N2+. The molecule has 2 aromatic rings. The van der Waals surface area contributed by atoms with Crippen LogP contribution in [0.25, 0.3) is 12.2 Å². The van der Waals surface area contributed by atoms with E-state index in [9.17, 15) is 0 Å². The Bertz CT molecular complexity index is 713. The number of hydrogen-bond donors (Lipinski definition) is 0. The van der Waals surface area contributed by atoms with E-state index >= 15 is 0 Å². The Labute approximate surface area is 192 Å². The van der Waals surface area contributed by atoms with Gasteiger partial charge in [0.15, 0.2) is 12.4 Å². The Morgan fingerprint density at radius 2 is 1.06 bits per heavy atom. The number of unbranched alkanes of at least 4 members (excludes halogenated alkanes) is 11.